The highest BCUT2D eigenvalue weighted by Gasteiger charge is 2.52. The third-order valence-corrected chi connectivity index (χ3v) is 9.78. The molecule has 0 amide bonds. The minimum atomic E-state index is -5.76. The topological polar surface area (TPSA) is 78.9 Å². The van der Waals surface area contributed by atoms with E-state index in [4.69, 9.17) is 13.1 Å². The molecule has 1 fully saturated rings. The molecule has 2 aromatic rings. The van der Waals surface area contributed by atoms with Crippen molar-refractivity contribution in [3.05, 3.63) is 36.4 Å². The van der Waals surface area contributed by atoms with Gasteiger partial charge in [-0.3, -0.25) is 0 Å². The molecule has 1 heterocycles. The molecule has 1 saturated heterocycles. The first-order chi connectivity index (χ1) is 13.6. The SMILES string of the molecule is CCOC(=O)Oc1ccc(S2(OS(=O)(=O)C(F)(F)F)CCCC2)c2ccccc12. The Morgan fingerprint density at radius 3 is 2.28 bits per heavy atom. The van der Waals surface area contributed by atoms with Crippen LogP contribution < -0.4 is 4.74 Å². The highest BCUT2D eigenvalue weighted by Crippen LogP contribution is 2.65. The summed E-state index contributed by atoms with van der Waals surface area (Å²) in [7, 11) is -8.50. The maximum atomic E-state index is 13.0. The summed E-state index contributed by atoms with van der Waals surface area (Å²) in [6.07, 6.45) is 0.195. The zero-order chi connectivity index (χ0) is 21.3. The second-order valence-corrected chi connectivity index (χ2v) is 11.1. The van der Waals surface area contributed by atoms with E-state index in [-0.39, 0.29) is 23.9 Å². The van der Waals surface area contributed by atoms with E-state index < -0.39 is 32.1 Å². The molecule has 0 aliphatic carbocycles. The zero-order valence-electron chi connectivity index (χ0n) is 15.4. The van der Waals surface area contributed by atoms with Crippen molar-refractivity contribution in [2.45, 2.75) is 30.2 Å². The molecule has 0 saturated carbocycles. The first-order valence-corrected chi connectivity index (χ1v) is 12.1. The van der Waals surface area contributed by atoms with Gasteiger partial charge in [-0.2, -0.15) is 21.6 Å². The predicted molar refractivity (Wildman–Crippen MR) is 102 cm³/mol. The summed E-state index contributed by atoms with van der Waals surface area (Å²) in [6.45, 7) is 1.74. The number of hydrogen-bond donors (Lipinski definition) is 0. The van der Waals surface area contributed by atoms with Crippen LogP contribution in [0.1, 0.15) is 19.8 Å². The van der Waals surface area contributed by atoms with E-state index in [1.54, 1.807) is 31.2 Å². The Morgan fingerprint density at radius 1 is 1.07 bits per heavy atom. The van der Waals surface area contributed by atoms with Crippen LogP contribution in [0.3, 0.4) is 0 Å². The van der Waals surface area contributed by atoms with E-state index in [9.17, 15) is 26.4 Å². The lowest BCUT2D eigenvalue weighted by Crippen LogP contribution is -2.27. The molecule has 160 valence electrons. The molecule has 3 rings (SSSR count). The Hall–Kier alpha value is -1.98. The summed E-state index contributed by atoms with van der Waals surface area (Å²) in [5, 5.41) is 0.924. The van der Waals surface area contributed by atoms with Crippen LogP contribution in [-0.2, 0) is 18.5 Å². The molecule has 1 aliphatic heterocycles. The molecular formula is C18H19F3O6S2. The summed E-state index contributed by atoms with van der Waals surface area (Å²) in [4.78, 5) is 12.1. The van der Waals surface area contributed by atoms with Crippen molar-refractivity contribution in [3.8, 4) is 5.75 Å². The second kappa shape index (κ2) is 8.04. The molecule has 11 heteroatoms. The second-order valence-electron chi connectivity index (χ2n) is 6.29. The van der Waals surface area contributed by atoms with E-state index in [1.165, 1.54) is 12.1 Å². The van der Waals surface area contributed by atoms with Crippen LogP contribution >= 0.6 is 10.3 Å². The Labute approximate surface area is 167 Å². The summed E-state index contributed by atoms with van der Waals surface area (Å²) in [6, 6.07) is 9.51. The first-order valence-electron chi connectivity index (χ1n) is 8.77. The lowest BCUT2D eigenvalue weighted by atomic mass is 10.1. The van der Waals surface area contributed by atoms with Crippen molar-refractivity contribution in [1.29, 1.82) is 0 Å². The third-order valence-electron chi connectivity index (χ3n) is 4.40. The van der Waals surface area contributed by atoms with E-state index >= 15 is 0 Å². The van der Waals surface area contributed by atoms with Crippen molar-refractivity contribution >= 4 is 37.4 Å². The van der Waals surface area contributed by atoms with Crippen LogP contribution in [0.15, 0.2) is 41.3 Å². The molecule has 0 aromatic heterocycles. The molecule has 0 unspecified atom stereocenters. The maximum Gasteiger partial charge on any atom is 0.523 e. The number of hydrogen-bond acceptors (Lipinski definition) is 6. The molecule has 2 aromatic carbocycles. The summed E-state index contributed by atoms with van der Waals surface area (Å²) in [5.74, 6) is 0.559. The van der Waals surface area contributed by atoms with Crippen LogP contribution in [0.25, 0.3) is 10.8 Å². The van der Waals surface area contributed by atoms with Gasteiger partial charge in [0.2, 0.25) is 0 Å². The molecule has 6 nitrogen and oxygen atoms in total. The molecule has 0 spiro atoms. The number of fused-ring (bicyclic) bond motifs is 1. The van der Waals surface area contributed by atoms with E-state index in [0.29, 0.717) is 28.5 Å². The zero-order valence-corrected chi connectivity index (χ0v) is 17.0. The van der Waals surface area contributed by atoms with Gasteiger partial charge in [-0.15, -0.1) is 0 Å². The van der Waals surface area contributed by atoms with Gasteiger partial charge in [-0.25, -0.2) is 8.42 Å². The largest absolute Gasteiger partial charge is 0.523 e. The summed E-state index contributed by atoms with van der Waals surface area (Å²) >= 11 is 0. The average Bonchev–Trinajstić information content (AvgIpc) is 3.10. The Balaban J connectivity index is 2.11. The van der Waals surface area contributed by atoms with Crippen molar-refractivity contribution in [3.63, 3.8) is 0 Å². The van der Waals surface area contributed by atoms with E-state index in [0.717, 1.165) is 0 Å². The van der Waals surface area contributed by atoms with Crippen LogP contribution in [0, 0.1) is 0 Å². The minimum absolute atomic E-state index is 0.116. The molecular weight excluding hydrogens is 433 g/mol. The lowest BCUT2D eigenvalue weighted by molar-refractivity contribution is -0.0496. The van der Waals surface area contributed by atoms with Crippen LogP contribution in [0.5, 0.6) is 5.75 Å². The smallest absolute Gasteiger partial charge is 0.434 e. The Bertz CT molecular complexity index is 1010. The Kier molecular flexibility index (Phi) is 6.02. The lowest BCUT2D eigenvalue weighted by Gasteiger charge is -2.35. The fourth-order valence-corrected chi connectivity index (χ4v) is 8.60. The molecule has 1 aliphatic rings. The van der Waals surface area contributed by atoms with Crippen LogP contribution in [0.4, 0.5) is 18.0 Å². The number of benzene rings is 2. The standard InChI is InChI=1S/C18H19F3O6S2/c1-2-25-17(22)26-15-9-10-16(14-8-4-3-7-13(14)15)28(11-5-6-12-28)27-29(23,24)18(19,20)21/h3-4,7-10H,2,5-6,11-12H2,1H3. The summed E-state index contributed by atoms with van der Waals surface area (Å²) < 4.78 is 77.4. The fraction of sp³-hybridized carbons (Fsp3) is 0.389. The quantitative estimate of drug-likeness (QED) is 0.356. The molecule has 0 atom stereocenters. The van der Waals surface area contributed by atoms with Gasteiger partial charge in [0.05, 0.1) is 6.61 Å². The van der Waals surface area contributed by atoms with Gasteiger partial charge in [0, 0.05) is 21.8 Å². The number of carbonyl (C=O) groups excluding carboxylic acids is 1. The molecule has 0 N–H and O–H groups in total. The van der Waals surface area contributed by atoms with Gasteiger partial charge in [-0.1, -0.05) is 34.6 Å². The third kappa shape index (κ3) is 4.31. The molecule has 0 bridgehead atoms. The normalized spacial score (nSPS) is 17.8. The monoisotopic (exact) mass is 452 g/mol. The van der Waals surface area contributed by atoms with Crippen LogP contribution in [-0.4, -0.2) is 38.2 Å². The van der Waals surface area contributed by atoms with Gasteiger partial charge in [-0.05, 0) is 37.3 Å². The van der Waals surface area contributed by atoms with Gasteiger partial charge >= 0.3 is 21.8 Å². The highest BCUT2D eigenvalue weighted by molar-refractivity contribution is 8.33. The van der Waals surface area contributed by atoms with Crippen molar-refractivity contribution < 1.29 is 39.5 Å². The van der Waals surface area contributed by atoms with Gasteiger partial charge < -0.3 is 9.47 Å². The number of alkyl halides is 3. The van der Waals surface area contributed by atoms with Crippen molar-refractivity contribution in [1.82, 2.24) is 0 Å². The molecule has 0 radical (unpaired) electrons. The predicted octanol–water partition coefficient (Wildman–Crippen LogP) is 5.11. The van der Waals surface area contributed by atoms with Gasteiger partial charge in [0.25, 0.3) is 0 Å². The average molecular weight is 452 g/mol. The minimum Gasteiger partial charge on any atom is -0.434 e. The van der Waals surface area contributed by atoms with E-state index in [2.05, 4.69) is 0 Å². The summed E-state index contributed by atoms with van der Waals surface area (Å²) in [5.41, 5.74) is -5.50. The number of rotatable bonds is 5. The van der Waals surface area contributed by atoms with Gasteiger partial charge in [0.1, 0.15) is 5.75 Å². The Morgan fingerprint density at radius 2 is 1.69 bits per heavy atom. The fourth-order valence-electron chi connectivity index (χ4n) is 3.20. The number of ether oxygens (including phenoxy) is 2. The van der Waals surface area contributed by atoms with Gasteiger partial charge in [0.15, 0.2) is 0 Å². The molecule has 29 heavy (non-hydrogen) atoms. The van der Waals surface area contributed by atoms with Crippen molar-refractivity contribution in [2.75, 3.05) is 18.1 Å². The number of carbonyl (C=O) groups is 1. The highest BCUT2D eigenvalue weighted by atomic mass is 32.3. The van der Waals surface area contributed by atoms with Crippen molar-refractivity contribution in [2.24, 2.45) is 0 Å². The maximum absolute atomic E-state index is 13.0. The van der Waals surface area contributed by atoms with Crippen LogP contribution in [0.2, 0.25) is 0 Å². The van der Waals surface area contributed by atoms with E-state index in [1.807, 2.05) is 0 Å². The number of halogens is 3. The first kappa shape index (κ1) is 21.7.